The Morgan fingerprint density at radius 3 is 2.54 bits per heavy atom. The average Bonchev–Trinajstić information content (AvgIpc) is 3.02. The Labute approximate surface area is 155 Å². The van der Waals surface area contributed by atoms with E-state index in [2.05, 4.69) is 0 Å². The maximum absolute atomic E-state index is 13.1. The van der Waals surface area contributed by atoms with Crippen LogP contribution in [0.15, 0.2) is 30.3 Å². The number of carbonyl (C=O) groups excluding carboxylic acids is 1. The van der Waals surface area contributed by atoms with Gasteiger partial charge in [-0.3, -0.25) is 9.59 Å². The Kier molecular flexibility index (Phi) is 5.68. The Morgan fingerprint density at radius 2 is 1.92 bits per heavy atom. The van der Waals surface area contributed by atoms with Crippen LogP contribution in [0, 0.1) is 12.7 Å². The van der Waals surface area contributed by atoms with Crippen LogP contribution in [0.25, 0.3) is 11.1 Å². The maximum Gasteiger partial charge on any atom is 0.323 e. The summed E-state index contributed by atoms with van der Waals surface area (Å²) in [6.07, 6.45) is 1.27. The van der Waals surface area contributed by atoms with Crippen LogP contribution < -0.4 is 0 Å². The van der Waals surface area contributed by atoms with Crippen molar-refractivity contribution < 1.29 is 23.8 Å². The van der Waals surface area contributed by atoms with Crippen LogP contribution in [-0.2, 0) is 9.53 Å². The molecule has 1 saturated heterocycles. The predicted octanol–water partition coefficient (Wildman–Crippen LogP) is 3.57. The highest BCUT2D eigenvalue weighted by Gasteiger charge is 2.29. The van der Waals surface area contributed by atoms with Gasteiger partial charge in [-0.1, -0.05) is 12.1 Å². The van der Waals surface area contributed by atoms with Gasteiger partial charge in [-0.15, -0.1) is 11.3 Å². The topological polar surface area (TPSA) is 66.8 Å². The number of aliphatic carboxylic acids is 1. The molecule has 0 saturated carbocycles. The number of hydrogen-bond acceptors (Lipinski definition) is 4. The molecule has 1 aliphatic rings. The number of halogens is 1. The molecule has 7 heteroatoms. The summed E-state index contributed by atoms with van der Waals surface area (Å²) in [6, 6.07) is 7.74. The first-order valence-electron chi connectivity index (χ1n) is 8.42. The van der Waals surface area contributed by atoms with E-state index < -0.39 is 5.97 Å². The molecule has 0 unspecified atom stereocenters. The molecule has 2 heterocycles. The van der Waals surface area contributed by atoms with E-state index in [1.807, 2.05) is 6.92 Å². The molecule has 0 aliphatic carbocycles. The molecule has 0 bridgehead atoms. The van der Waals surface area contributed by atoms with E-state index >= 15 is 0 Å². The molecule has 138 valence electrons. The number of amides is 1. The van der Waals surface area contributed by atoms with Crippen LogP contribution in [0.1, 0.15) is 27.4 Å². The van der Waals surface area contributed by atoms with E-state index in [1.165, 1.54) is 28.4 Å². The normalized spacial score (nSPS) is 15.0. The molecular formula is C19H20FNO4S. The molecule has 0 atom stereocenters. The fourth-order valence-electron chi connectivity index (χ4n) is 3.15. The van der Waals surface area contributed by atoms with Crippen LogP contribution in [0.3, 0.4) is 0 Å². The number of rotatable bonds is 5. The van der Waals surface area contributed by atoms with Gasteiger partial charge in [0.15, 0.2) is 0 Å². The van der Waals surface area contributed by atoms with Crippen molar-refractivity contribution in [3.8, 4) is 11.1 Å². The first-order chi connectivity index (χ1) is 12.5. The third-order valence-electron chi connectivity index (χ3n) is 4.48. The maximum atomic E-state index is 13.1. The fraction of sp³-hybridized carbons (Fsp3) is 0.368. The van der Waals surface area contributed by atoms with Crippen molar-refractivity contribution in [3.63, 3.8) is 0 Å². The molecule has 26 heavy (non-hydrogen) atoms. The van der Waals surface area contributed by atoms with Crippen LogP contribution >= 0.6 is 11.3 Å². The van der Waals surface area contributed by atoms with Gasteiger partial charge < -0.3 is 14.7 Å². The fourth-order valence-corrected chi connectivity index (χ4v) is 4.15. The molecule has 2 aromatic rings. The molecule has 1 aromatic carbocycles. The lowest BCUT2D eigenvalue weighted by Crippen LogP contribution is -2.45. The monoisotopic (exact) mass is 377 g/mol. The highest BCUT2D eigenvalue weighted by Crippen LogP contribution is 2.32. The summed E-state index contributed by atoms with van der Waals surface area (Å²) >= 11 is 1.33. The lowest BCUT2D eigenvalue weighted by molar-refractivity contribution is -0.138. The number of hydrogen-bond donors (Lipinski definition) is 1. The number of benzene rings is 1. The van der Waals surface area contributed by atoms with E-state index in [0.29, 0.717) is 30.9 Å². The van der Waals surface area contributed by atoms with Crippen molar-refractivity contribution >= 4 is 23.2 Å². The zero-order valence-electron chi connectivity index (χ0n) is 14.4. The van der Waals surface area contributed by atoms with E-state index in [0.717, 1.165) is 16.0 Å². The van der Waals surface area contributed by atoms with Gasteiger partial charge in [-0.25, -0.2) is 4.39 Å². The Morgan fingerprint density at radius 1 is 1.27 bits per heavy atom. The van der Waals surface area contributed by atoms with Crippen molar-refractivity contribution in [2.75, 3.05) is 19.8 Å². The zero-order chi connectivity index (χ0) is 18.7. The molecule has 5 nitrogen and oxygen atoms in total. The number of carboxylic acid groups (broad SMARTS) is 1. The summed E-state index contributed by atoms with van der Waals surface area (Å²) in [5.41, 5.74) is 1.69. The molecule has 1 fully saturated rings. The highest BCUT2D eigenvalue weighted by atomic mass is 32.1. The van der Waals surface area contributed by atoms with E-state index in [4.69, 9.17) is 4.74 Å². The van der Waals surface area contributed by atoms with E-state index in [9.17, 15) is 19.1 Å². The van der Waals surface area contributed by atoms with Crippen molar-refractivity contribution in [2.24, 2.45) is 0 Å². The summed E-state index contributed by atoms with van der Waals surface area (Å²) in [4.78, 5) is 27.1. The van der Waals surface area contributed by atoms with Crippen molar-refractivity contribution in [1.82, 2.24) is 4.90 Å². The van der Waals surface area contributed by atoms with Gasteiger partial charge in [0.1, 0.15) is 12.4 Å². The lowest BCUT2D eigenvalue weighted by Gasteiger charge is -2.32. The molecule has 0 spiro atoms. The molecule has 1 amide bonds. The summed E-state index contributed by atoms with van der Waals surface area (Å²) in [5.74, 6) is -1.62. The van der Waals surface area contributed by atoms with Crippen LogP contribution in [0.2, 0.25) is 0 Å². The molecule has 1 N–H and O–H groups in total. The second-order valence-corrected chi connectivity index (χ2v) is 7.51. The van der Waals surface area contributed by atoms with Gasteiger partial charge in [-0.2, -0.15) is 0 Å². The Balaban J connectivity index is 1.88. The minimum atomic E-state index is -1.03. The molecule has 1 aliphatic heterocycles. The minimum absolute atomic E-state index is 0.135. The number of carbonyl (C=O) groups is 2. The van der Waals surface area contributed by atoms with Gasteiger partial charge in [0.2, 0.25) is 0 Å². The average molecular weight is 377 g/mol. The lowest BCUT2D eigenvalue weighted by atomic mass is 10.1. The number of aryl methyl sites for hydroxylation is 1. The Bertz CT molecular complexity index is 796. The number of thiophene rings is 1. The SMILES string of the molecule is Cc1sc(C(=O)N(CC(=O)O)C2CCOCC2)cc1-c1ccc(F)cc1. The molecule has 1 aromatic heterocycles. The van der Waals surface area contributed by atoms with Gasteiger partial charge in [0.25, 0.3) is 5.91 Å². The largest absolute Gasteiger partial charge is 0.480 e. The first-order valence-corrected chi connectivity index (χ1v) is 9.24. The van der Waals surface area contributed by atoms with Crippen LogP contribution in [0.4, 0.5) is 4.39 Å². The smallest absolute Gasteiger partial charge is 0.323 e. The van der Waals surface area contributed by atoms with Crippen molar-refractivity contribution in [2.45, 2.75) is 25.8 Å². The van der Waals surface area contributed by atoms with Gasteiger partial charge in [0, 0.05) is 24.1 Å². The molecule has 0 radical (unpaired) electrons. The predicted molar refractivity (Wildman–Crippen MR) is 97.0 cm³/mol. The number of carboxylic acids is 1. The van der Waals surface area contributed by atoms with Gasteiger partial charge in [0.05, 0.1) is 4.88 Å². The molecular weight excluding hydrogens is 357 g/mol. The zero-order valence-corrected chi connectivity index (χ0v) is 15.2. The van der Waals surface area contributed by atoms with Gasteiger partial charge in [-0.05, 0) is 49.1 Å². The van der Waals surface area contributed by atoms with Crippen LogP contribution in [0.5, 0.6) is 0 Å². The number of nitrogens with zero attached hydrogens (tertiary/aromatic N) is 1. The third kappa shape index (κ3) is 4.11. The van der Waals surface area contributed by atoms with E-state index in [1.54, 1.807) is 18.2 Å². The summed E-state index contributed by atoms with van der Waals surface area (Å²) < 4.78 is 18.5. The van der Waals surface area contributed by atoms with Gasteiger partial charge >= 0.3 is 5.97 Å². The summed E-state index contributed by atoms with van der Waals surface area (Å²) in [7, 11) is 0. The van der Waals surface area contributed by atoms with Crippen molar-refractivity contribution in [1.29, 1.82) is 0 Å². The Hall–Kier alpha value is -2.25. The highest BCUT2D eigenvalue weighted by molar-refractivity contribution is 7.14. The third-order valence-corrected chi connectivity index (χ3v) is 5.52. The minimum Gasteiger partial charge on any atom is -0.480 e. The second-order valence-electron chi connectivity index (χ2n) is 6.26. The van der Waals surface area contributed by atoms with Crippen LogP contribution in [-0.4, -0.2) is 47.7 Å². The standard InChI is InChI=1S/C19H20FNO4S/c1-12-16(13-2-4-14(20)5-3-13)10-17(26-12)19(24)21(11-18(22)23)15-6-8-25-9-7-15/h2-5,10,15H,6-9,11H2,1H3,(H,22,23). The second kappa shape index (κ2) is 7.97. The molecule has 3 rings (SSSR count). The number of ether oxygens (including phenoxy) is 1. The quantitative estimate of drug-likeness (QED) is 0.865. The summed E-state index contributed by atoms with van der Waals surface area (Å²) in [6.45, 7) is 2.62. The van der Waals surface area contributed by atoms with E-state index in [-0.39, 0.29) is 24.3 Å². The summed E-state index contributed by atoms with van der Waals surface area (Å²) in [5, 5.41) is 9.22. The first kappa shape index (κ1) is 18.5. The van der Waals surface area contributed by atoms with Crippen molar-refractivity contribution in [3.05, 3.63) is 45.9 Å².